The van der Waals surface area contributed by atoms with Crippen LogP contribution >= 0.6 is 11.6 Å². The Balaban J connectivity index is 1.79. The van der Waals surface area contributed by atoms with Crippen LogP contribution in [0, 0.1) is 0 Å². The van der Waals surface area contributed by atoms with Crippen LogP contribution in [-0.4, -0.2) is 99.7 Å². The van der Waals surface area contributed by atoms with Crippen molar-refractivity contribution in [1.29, 1.82) is 0 Å². The highest BCUT2D eigenvalue weighted by atomic mass is 35.5. The van der Waals surface area contributed by atoms with Gasteiger partial charge in [0.05, 0.1) is 19.3 Å². The molecule has 1 aromatic rings. The number of rotatable bonds is 6. The van der Waals surface area contributed by atoms with E-state index in [1.54, 1.807) is 51.1 Å². The number of piperazine rings is 1. The lowest BCUT2D eigenvalue weighted by molar-refractivity contribution is 0.146. The van der Waals surface area contributed by atoms with Gasteiger partial charge < -0.3 is 40.0 Å². The van der Waals surface area contributed by atoms with Gasteiger partial charge in [-0.15, -0.1) is 0 Å². The molecule has 0 unspecified atom stereocenters. The predicted molar refractivity (Wildman–Crippen MR) is 158 cm³/mol. The fourth-order valence-corrected chi connectivity index (χ4v) is 4.11. The summed E-state index contributed by atoms with van der Waals surface area (Å²) in [7, 11) is 6.58. The van der Waals surface area contributed by atoms with E-state index in [-0.39, 0.29) is 18.7 Å². The number of amides is 2. The molecule has 2 amide bonds. The monoisotopic (exact) mass is 572 g/mol. The van der Waals surface area contributed by atoms with Crippen molar-refractivity contribution in [3.63, 3.8) is 0 Å². The molecule has 1 saturated heterocycles. The first-order chi connectivity index (χ1) is 19.2. The fourth-order valence-electron chi connectivity index (χ4n) is 3.90. The number of ether oxygens (including phenoxy) is 3. The van der Waals surface area contributed by atoms with E-state index in [0.717, 1.165) is 5.69 Å². The van der Waals surface area contributed by atoms with Crippen molar-refractivity contribution < 1.29 is 19.0 Å². The molecule has 2 aliphatic rings. The molecule has 40 heavy (non-hydrogen) atoms. The van der Waals surface area contributed by atoms with Crippen LogP contribution in [0.4, 0.5) is 10.5 Å². The molecule has 216 valence electrons. The van der Waals surface area contributed by atoms with Gasteiger partial charge in [0.25, 0.3) is 0 Å². The maximum absolute atomic E-state index is 12.4. The molecule has 12 nitrogen and oxygen atoms in total. The summed E-state index contributed by atoms with van der Waals surface area (Å²) in [6, 6.07) is 9.46. The van der Waals surface area contributed by atoms with E-state index in [9.17, 15) is 4.79 Å². The van der Waals surface area contributed by atoms with Crippen molar-refractivity contribution in [1.82, 2.24) is 14.7 Å². The summed E-state index contributed by atoms with van der Waals surface area (Å²) < 4.78 is 16.8. The zero-order chi connectivity index (χ0) is 29.1. The van der Waals surface area contributed by atoms with Crippen LogP contribution in [0.1, 0.15) is 13.3 Å². The van der Waals surface area contributed by atoms with Crippen LogP contribution in [-0.2, 0) is 14.2 Å². The number of methoxy groups -OCH3 is 2. The first kappa shape index (κ1) is 30.4. The summed E-state index contributed by atoms with van der Waals surface area (Å²) in [5.41, 5.74) is 6.87. The van der Waals surface area contributed by atoms with E-state index in [0.29, 0.717) is 66.8 Å². The molecule has 1 heterocycles. The third-order valence-electron chi connectivity index (χ3n) is 5.92. The number of carbonyl (C=O) groups is 1. The van der Waals surface area contributed by atoms with Crippen LogP contribution in [0.3, 0.4) is 0 Å². The fraction of sp³-hybridized carbons (Fsp3) is 0.407. The zero-order valence-electron chi connectivity index (χ0n) is 23.6. The van der Waals surface area contributed by atoms with E-state index >= 15 is 0 Å². The number of aliphatic imine (C=N–C) groups is 3. The molecule has 1 aliphatic heterocycles. The van der Waals surface area contributed by atoms with E-state index < -0.39 is 0 Å². The molecule has 3 N–H and O–H groups in total. The van der Waals surface area contributed by atoms with E-state index in [1.165, 1.54) is 0 Å². The average molecular weight is 573 g/mol. The van der Waals surface area contributed by atoms with Crippen molar-refractivity contribution >= 4 is 41.1 Å². The number of nitrogens with two attached hydrogens (primary N) is 1. The Morgan fingerprint density at radius 2 is 1.70 bits per heavy atom. The topological polar surface area (TPSA) is 130 Å². The van der Waals surface area contributed by atoms with Gasteiger partial charge in [0.2, 0.25) is 5.96 Å². The zero-order valence-corrected chi connectivity index (χ0v) is 24.3. The van der Waals surface area contributed by atoms with E-state index in [4.69, 9.17) is 31.5 Å². The van der Waals surface area contributed by atoms with E-state index in [1.807, 2.05) is 41.3 Å². The van der Waals surface area contributed by atoms with Crippen molar-refractivity contribution in [2.45, 2.75) is 13.3 Å². The largest absolute Gasteiger partial charge is 0.493 e. The number of nitrogens with zero attached hydrogens (tertiary/aromatic N) is 6. The third-order valence-corrected chi connectivity index (χ3v) is 6.24. The standard InChI is InChI=1S/C27H37ClN8O4/c1-19(40-22-11-12-23(38-4)24(39-5)17-21(22)28)32-26(35-13-15-36(16-14-35)27(37)34(2)3)31-18-30-25(29)33-20-9-7-6-8-10-20/h6-10,12,17H,11,13-16,18H2,1-5H3,(H3,29,30,33)/b31-26+,32-19+. The Bertz CT molecular complexity index is 1220. The summed E-state index contributed by atoms with van der Waals surface area (Å²) >= 11 is 6.50. The van der Waals surface area contributed by atoms with Gasteiger partial charge in [-0.3, -0.25) is 0 Å². The number of hydrogen-bond donors (Lipinski definition) is 2. The normalized spacial score (nSPS) is 17.1. The number of hydrogen-bond acceptors (Lipinski definition) is 6. The Kier molecular flexibility index (Phi) is 11.2. The quantitative estimate of drug-likeness (QED) is 0.395. The molecule has 1 fully saturated rings. The second-order valence-electron chi connectivity index (χ2n) is 8.98. The lowest BCUT2D eigenvalue weighted by Gasteiger charge is -2.36. The summed E-state index contributed by atoms with van der Waals surface area (Å²) in [6.07, 6.45) is 3.84. The summed E-state index contributed by atoms with van der Waals surface area (Å²) in [4.78, 5) is 31.3. The van der Waals surface area contributed by atoms with Gasteiger partial charge >= 0.3 is 6.03 Å². The van der Waals surface area contributed by atoms with Gasteiger partial charge in [-0.1, -0.05) is 29.8 Å². The molecule has 0 spiro atoms. The highest BCUT2D eigenvalue weighted by Gasteiger charge is 2.24. The van der Waals surface area contributed by atoms with Gasteiger partial charge in [-0.2, -0.15) is 4.99 Å². The van der Waals surface area contributed by atoms with Gasteiger partial charge in [0.1, 0.15) is 12.4 Å². The molecular weight excluding hydrogens is 536 g/mol. The summed E-state index contributed by atoms with van der Waals surface area (Å²) in [5, 5.41) is 3.40. The van der Waals surface area contributed by atoms with Gasteiger partial charge in [-0.25, -0.2) is 14.8 Å². The van der Waals surface area contributed by atoms with Gasteiger partial charge in [0, 0.05) is 65.4 Å². The second kappa shape index (κ2) is 14.8. The minimum absolute atomic E-state index is 0.0348. The number of allylic oxidation sites excluding steroid dienone is 3. The van der Waals surface area contributed by atoms with Crippen LogP contribution in [0.5, 0.6) is 0 Å². The van der Waals surface area contributed by atoms with Crippen molar-refractivity contribution in [2.75, 3.05) is 66.5 Å². The number of benzene rings is 1. The van der Waals surface area contributed by atoms with Gasteiger partial charge in [0.15, 0.2) is 23.4 Å². The van der Waals surface area contributed by atoms with Crippen LogP contribution < -0.4 is 11.1 Å². The average Bonchev–Trinajstić information content (AvgIpc) is 3.10. The number of carbonyl (C=O) groups excluding carboxylic acids is 1. The van der Waals surface area contributed by atoms with Crippen molar-refractivity contribution in [3.05, 3.63) is 64.8 Å². The molecular formula is C27H37ClN8O4. The molecule has 1 aliphatic carbocycles. The minimum atomic E-state index is -0.0348. The van der Waals surface area contributed by atoms with Crippen molar-refractivity contribution in [2.24, 2.45) is 20.7 Å². The Labute approximate surface area is 240 Å². The molecule has 1 aromatic carbocycles. The van der Waals surface area contributed by atoms with Crippen molar-refractivity contribution in [3.8, 4) is 0 Å². The maximum Gasteiger partial charge on any atom is 0.319 e. The molecule has 0 saturated carbocycles. The molecule has 0 aromatic heterocycles. The highest BCUT2D eigenvalue weighted by Crippen LogP contribution is 2.27. The van der Waals surface area contributed by atoms with Gasteiger partial charge in [-0.05, 0) is 18.2 Å². The molecule has 0 radical (unpaired) electrons. The second-order valence-corrected chi connectivity index (χ2v) is 9.39. The minimum Gasteiger partial charge on any atom is -0.493 e. The number of guanidine groups is 2. The first-order valence-electron chi connectivity index (χ1n) is 12.7. The number of para-hydroxylation sites is 1. The number of urea groups is 1. The lowest BCUT2D eigenvalue weighted by Crippen LogP contribution is -2.52. The summed E-state index contributed by atoms with van der Waals surface area (Å²) in [5.74, 6) is 2.51. The molecule has 0 atom stereocenters. The Morgan fingerprint density at radius 3 is 2.33 bits per heavy atom. The molecule has 13 heteroatoms. The Hall–Kier alpha value is -4.19. The van der Waals surface area contributed by atoms with Crippen LogP contribution in [0.15, 0.2) is 79.8 Å². The van der Waals surface area contributed by atoms with E-state index in [2.05, 4.69) is 20.3 Å². The highest BCUT2D eigenvalue weighted by molar-refractivity contribution is 6.31. The predicted octanol–water partition coefficient (Wildman–Crippen LogP) is 3.38. The smallest absolute Gasteiger partial charge is 0.319 e. The summed E-state index contributed by atoms with van der Waals surface area (Å²) in [6.45, 7) is 3.90. The van der Waals surface area contributed by atoms with Crippen LogP contribution in [0.2, 0.25) is 0 Å². The number of anilines is 1. The lowest BCUT2D eigenvalue weighted by atomic mass is 10.3. The Morgan fingerprint density at radius 1 is 1.05 bits per heavy atom. The SMILES string of the molecule is COC1=CCC(O/C(C)=N/C(=N\C/N=C(/N)Nc2ccccc2)N2CCN(C(=O)N(C)C)CC2)=C(Cl)C=C1OC. The first-order valence-corrected chi connectivity index (χ1v) is 13.1. The molecule has 3 rings (SSSR count). The molecule has 0 bridgehead atoms. The number of halogens is 1. The van der Waals surface area contributed by atoms with Crippen LogP contribution in [0.25, 0.3) is 0 Å². The maximum atomic E-state index is 12.4. The third kappa shape index (κ3) is 8.67. The number of nitrogens with one attached hydrogen (secondary N) is 1.